The number of carbonyl (C=O) groups is 2. The van der Waals surface area contributed by atoms with Crippen LogP contribution in [0.1, 0.15) is 54.9 Å². The van der Waals surface area contributed by atoms with Crippen molar-refractivity contribution in [2.75, 3.05) is 13.2 Å². The zero-order chi connectivity index (χ0) is 16.4. The Labute approximate surface area is 128 Å². The van der Waals surface area contributed by atoms with Crippen LogP contribution in [-0.2, 0) is 14.3 Å². The van der Waals surface area contributed by atoms with Gasteiger partial charge in [0.15, 0.2) is 0 Å². The van der Waals surface area contributed by atoms with Crippen molar-refractivity contribution in [3.63, 3.8) is 0 Å². The van der Waals surface area contributed by atoms with Gasteiger partial charge < -0.3 is 15.0 Å². The number of carbonyl (C=O) groups excluding carboxylic acids is 2. The Morgan fingerprint density at radius 1 is 1.29 bits per heavy atom. The Balaban J connectivity index is 2.84. The van der Waals surface area contributed by atoms with E-state index in [1.165, 1.54) is 0 Å². The van der Waals surface area contributed by atoms with Crippen molar-refractivity contribution in [1.82, 2.24) is 10.2 Å². The monoisotopic (exact) mass is 298 g/mol. The molecule has 5 heteroatoms. The van der Waals surface area contributed by atoms with Crippen molar-refractivity contribution in [1.29, 1.82) is 0 Å². The molecule has 0 aromatic heterocycles. The molecule has 1 aliphatic rings. The van der Waals surface area contributed by atoms with E-state index in [2.05, 4.69) is 19.2 Å². The van der Waals surface area contributed by atoms with Crippen LogP contribution in [-0.4, -0.2) is 47.0 Å². The summed E-state index contributed by atoms with van der Waals surface area (Å²) in [4.78, 5) is 26.6. The third-order valence-electron chi connectivity index (χ3n) is 3.47. The molecule has 1 rings (SSSR count). The lowest BCUT2D eigenvalue weighted by Crippen LogP contribution is -2.68. The quantitative estimate of drug-likeness (QED) is 0.844. The zero-order valence-electron chi connectivity index (χ0n) is 14.4. The summed E-state index contributed by atoms with van der Waals surface area (Å²) in [6.07, 6.45) is 0.670. The first-order chi connectivity index (χ1) is 9.44. The van der Waals surface area contributed by atoms with Gasteiger partial charge >= 0.3 is 0 Å². The fourth-order valence-electron chi connectivity index (χ4n) is 2.48. The summed E-state index contributed by atoms with van der Waals surface area (Å²) in [5.74, 6) is 0.245. The van der Waals surface area contributed by atoms with Gasteiger partial charge in [0.2, 0.25) is 11.8 Å². The molecule has 1 saturated heterocycles. The van der Waals surface area contributed by atoms with Crippen LogP contribution >= 0.6 is 0 Å². The number of ether oxygens (including phenoxy) is 1. The lowest BCUT2D eigenvalue weighted by molar-refractivity contribution is -0.155. The largest absolute Gasteiger partial charge is 0.374 e. The maximum atomic E-state index is 12.6. The molecule has 122 valence electrons. The minimum atomic E-state index is -0.841. The van der Waals surface area contributed by atoms with Gasteiger partial charge in [-0.05, 0) is 47.0 Å². The van der Waals surface area contributed by atoms with Gasteiger partial charge in [0.05, 0.1) is 12.2 Å². The van der Waals surface area contributed by atoms with Crippen molar-refractivity contribution < 1.29 is 14.3 Å². The molecule has 0 spiro atoms. The van der Waals surface area contributed by atoms with Crippen LogP contribution in [0.3, 0.4) is 0 Å². The third-order valence-corrected chi connectivity index (χ3v) is 3.47. The van der Waals surface area contributed by atoms with Crippen LogP contribution in [0.4, 0.5) is 0 Å². The highest BCUT2D eigenvalue weighted by Crippen LogP contribution is 2.22. The second-order valence-corrected chi connectivity index (χ2v) is 7.72. The fourth-order valence-corrected chi connectivity index (χ4v) is 2.48. The van der Waals surface area contributed by atoms with E-state index < -0.39 is 11.6 Å². The SMILES string of the molecule is CC(C)CC1C(=O)NC(C)(C)C(=O)N1CCOC(C)(C)C. The molecule has 0 aliphatic carbocycles. The molecular weight excluding hydrogens is 268 g/mol. The highest BCUT2D eigenvalue weighted by Gasteiger charge is 2.45. The smallest absolute Gasteiger partial charge is 0.248 e. The van der Waals surface area contributed by atoms with Crippen LogP contribution in [0.15, 0.2) is 0 Å². The van der Waals surface area contributed by atoms with Crippen LogP contribution in [0, 0.1) is 5.92 Å². The maximum Gasteiger partial charge on any atom is 0.248 e. The fraction of sp³-hybridized carbons (Fsp3) is 0.875. The summed E-state index contributed by atoms with van der Waals surface area (Å²) in [6.45, 7) is 14.4. The summed E-state index contributed by atoms with van der Waals surface area (Å²) >= 11 is 0. The van der Waals surface area contributed by atoms with Gasteiger partial charge in [-0.3, -0.25) is 9.59 Å². The number of rotatable bonds is 5. The van der Waals surface area contributed by atoms with E-state index in [9.17, 15) is 9.59 Å². The lowest BCUT2D eigenvalue weighted by atomic mass is 9.92. The predicted octanol–water partition coefficient (Wildman–Crippen LogP) is 1.95. The Bertz CT molecular complexity index is 397. The summed E-state index contributed by atoms with van der Waals surface area (Å²) in [5, 5.41) is 2.83. The van der Waals surface area contributed by atoms with Crippen LogP contribution in [0.5, 0.6) is 0 Å². The molecule has 21 heavy (non-hydrogen) atoms. The molecule has 2 amide bonds. The Morgan fingerprint density at radius 2 is 1.86 bits per heavy atom. The number of piperazine rings is 1. The molecule has 5 nitrogen and oxygen atoms in total. The topological polar surface area (TPSA) is 58.6 Å². The molecule has 1 atom stereocenters. The molecule has 0 radical (unpaired) electrons. The first-order valence-electron chi connectivity index (χ1n) is 7.71. The number of amides is 2. The molecule has 0 aromatic rings. The normalized spacial score (nSPS) is 22.7. The summed E-state index contributed by atoms with van der Waals surface area (Å²) in [7, 11) is 0. The van der Waals surface area contributed by atoms with E-state index in [1.807, 2.05) is 20.8 Å². The first kappa shape index (κ1) is 18.0. The minimum Gasteiger partial charge on any atom is -0.374 e. The molecule has 1 aliphatic heterocycles. The third kappa shape index (κ3) is 4.99. The van der Waals surface area contributed by atoms with Gasteiger partial charge in [-0.2, -0.15) is 0 Å². The molecule has 0 aromatic carbocycles. The summed E-state index contributed by atoms with van der Waals surface area (Å²) in [6, 6.07) is -0.394. The highest BCUT2D eigenvalue weighted by molar-refractivity contribution is 5.99. The van der Waals surface area contributed by atoms with Gasteiger partial charge in [-0.15, -0.1) is 0 Å². The van der Waals surface area contributed by atoms with Gasteiger partial charge in [0, 0.05) is 6.54 Å². The Hall–Kier alpha value is -1.10. The van der Waals surface area contributed by atoms with Gasteiger partial charge in [0.25, 0.3) is 0 Å². The van der Waals surface area contributed by atoms with Crippen molar-refractivity contribution in [3.8, 4) is 0 Å². The molecular formula is C16H30N2O3. The van der Waals surface area contributed by atoms with Gasteiger partial charge in [0.1, 0.15) is 11.6 Å². The first-order valence-corrected chi connectivity index (χ1v) is 7.71. The van der Waals surface area contributed by atoms with Crippen molar-refractivity contribution in [3.05, 3.63) is 0 Å². The molecule has 1 fully saturated rings. The van der Waals surface area contributed by atoms with E-state index in [0.29, 0.717) is 25.5 Å². The molecule has 0 bridgehead atoms. The van der Waals surface area contributed by atoms with E-state index in [-0.39, 0.29) is 17.4 Å². The molecule has 1 heterocycles. The highest BCUT2D eigenvalue weighted by atomic mass is 16.5. The lowest BCUT2D eigenvalue weighted by Gasteiger charge is -2.43. The number of hydrogen-bond donors (Lipinski definition) is 1. The molecule has 1 unspecified atom stereocenters. The minimum absolute atomic E-state index is 0.0368. The van der Waals surface area contributed by atoms with Crippen molar-refractivity contribution in [2.24, 2.45) is 5.92 Å². The predicted molar refractivity (Wildman–Crippen MR) is 82.9 cm³/mol. The molecule has 0 saturated carbocycles. The molecule has 1 N–H and O–H groups in total. The van der Waals surface area contributed by atoms with E-state index in [0.717, 1.165) is 0 Å². The second-order valence-electron chi connectivity index (χ2n) is 7.72. The Morgan fingerprint density at radius 3 is 2.33 bits per heavy atom. The number of hydrogen-bond acceptors (Lipinski definition) is 3. The van der Waals surface area contributed by atoms with E-state index in [4.69, 9.17) is 4.74 Å². The van der Waals surface area contributed by atoms with Crippen LogP contribution in [0.25, 0.3) is 0 Å². The number of nitrogens with one attached hydrogen (secondary N) is 1. The van der Waals surface area contributed by atoms with Gasteiger partial charge in [-0.25, -0.2) is 0 Å². The average molecular weight is 298 g/mol. The number of nitrogens with zero attached hydrogens (tertiary/aromatic N) is 1. The summed E-state index contributed by atoms with van der Waals surface area (Å²) in [5.41, 5.74) is -1.09. The summed E-state index contributed by atoms with van der Waals surface area (Å²) < 4.78 is 5.71. The Kier molecular flexibility index (Phi) is 5.42. The van der Waals surface area contributed by atoms with Crippen LogP contribution in [0.2, 0.25) is 0 Å². The van der Waals surface area contributed by atoms with Crippen LogP contribution < -0.4 is 5.32 Å². The second kappa shape index (κ2) is 6.34. The van der Waals surface area contributed by atoms with E-state index in [1.54, 1.807) is 18.7 Å². The standard InChI is InChI=1S/C16H30N2O3/c1-11(2)10-12-13(19)17-16(6,7)14(20)18(12)8-9-21-15(3,4)5/h11-12H,8-10H2,1-7H3,(H,17,19). The zero-order valence-corrected chi connectivity index (χ0v) is 14.4. The average Bonchev–Trinajstić information content (AvgIpc) is 2.27. The van der Waals surface area contributed by atoms with Crippen molar-refractivity contribution >= 4 is 11.8 Å². The van der Waals surface area contributed by atoms with Crippen molar-refractivity contribution in [2.45, 2.75) is 72.1 Å². The maximum absolute atomic E-state index is 12.6. The van der Waals surface area contributed by atoms with E-state index >= 15 is 0 Å². The van der Waals surface area contributed by atoms with Gasteiger partial charge in [-0.1, -0.05) is 13.8 Å².